The van der Waals surface area contributed by atoms with Crippen LogP contribution in [0.15, 0.2) is 4.99 Å². The molecule has 15 heteroatoms. The summed E-state index contributed by atoms with van der Waals surface area (Å²) < 4.78 is 0. The molecule has 31 heavy (non-hydrogen) atoms. The Morgan fingerprint density at radius 3 is 2.00 bits per heavy atom. The Bertz CT molecular complexity index is 695. The number of carbonyl (C=O) groups is 5. The second kappa shape index (κ2) is 13.7. The summed E-state index contributed by atoms with van der Waals surface area (Å²) in [5.74, 6) is -4.89. The molecule has 0 fully saturated rings. The Hall–Kier alpha value is -3.46. The summed E-state index contributed by atoms with van der Waals surface area (Å²) in [7, 11) is 0. The number of carboxylic acids is 1. The predicted molar refractivity (Wildman–Crippen MR) is 108 cm³/mol. The van der Waals surface area contributed by atoms with Crippen LogP contribution < -0.4 is 38.9 Å². The Kier molecular flexibility index (Phi) is 12.2. The molecule has 0 spiro atoms. The van der Waals surface area contributed by atoms with Crippen molar-refractivity contribution < 1.29 is 34.2 Å². The summed E-state index contributed by atoms with van der Waals surface area (Å²) in [4.78, 5) is 62.3. The Balaban J connectivity index is 5.12. The third-order valence-corrected chi connectivity index (χ3v) is 3.89. The van der Waals surface area contributed by atoms with E-state index in [9.17, 15) is 24.0 Å². The first-order valence-corrected chi connectivity index (χ1v) is 9.23. The monoisotopic (exact) mass is 446 g/mol. The lowest BCUT2D eigenvalue weighted by atomic mass is 10.1. The maximum atomic E-state index is 12.4. The lowest BCUT2D eigenvalue weighted by Gasteiger charge is -2.23. The Morgan fingerprint density at radius 2 is 1.52 bits per heavy atom. The van der Waals surface area contributed by atoms with Crippen molar-refractivity contribution in [3.05, 3.63) is 0 Å². The molecule has 0 aliphatic heterocycles. The topological polar surface area (TPSA) is 278 Å². The molecule has 0 heterocycles. The molecule has 0 radical (unpaired) electrons. The van der Waals surface area contributed by atoms with Crippen LogP contribution >= 0.6 is 0 Å². The van der Waals surface area contributed by atoms with E-state index in [0.717, 1.165) is 0 Å². The lowest BCUT2D eigenvalue weighted by Crippen LogP contribution is -2.57. The van der Waals surface area contributed by atoms with Gasteiger partial charge in [0.1, 0.15) is 18.1 Å². The van der Waals surface area contributed by atoms with Crippen molar-refractivity contribution in [2.75, 3.05) is 13.2 Å². The van der Waals surface area contributed by atoms with Crippen molar-refractivity contribution in [1.82, 2.24) is 16.0 Å². The highest BCUT2D eigenvalue weighted by Gasteiger charge is 2.28. The number of carboxylic acid groups (broad SMARTS) is 1. The average molecular weight is 446 g/mol. The van der Waals surface area contributed by atoms with Gasteiger partial charge in [-0.1, -0.05) is 0 Å². The molecule has 0 saturated heterocycles. The minimum Gasteiger partial charge on any atom is -0.480 e. The van der Waals surface area contributed by atoms with Crippen molar-refractivity contribution in [3.63, 3.8) is 0 Å². The predicted octanol–water partition coefficient (Wildman–Crippen LogP) is -5.21. The minimum atomic E-state index is -1.58. The SMILES string of the molecule is CC(NC(=O)C(N)CC(N)=O)C(=O)NC(CCCN=C(N)N)C(=O)NC(CO)C(=O)O. The summed E-state index contributed by atoms with van der Waals surface area (Å²) >= 11 is 0. The van der Waals surface area contributed by atoms with Crippen LogP contribution in [0.3, 0.4) is 0 Å². The van der Waals surface area contributed by atoms with E-state index < -0.39 is 66.8 Å². The lowest BCUT2D eigenvalue weighted by molar-refractivity contribution is -0.143. The largest absolute Gasteiger partial charge is 0.480 e. The summed E-state index contributed by atoms with van der Waals surface area (Å²) in [5, 5.41) is 24.8. The number of primary amides is 1. The van der Waals surface area contributed by atoms with Crippen LogP contribution in [-0.4, -0.2) is 83.1 Å². The molecule has 13 N–H and O–H groups in total. The van der Waals surface area contributed by atoms with Crippen LogP contribution in [0, 0.1) is 0 Å². The van der Waals surface area contributed by atoms with Gasteiger partial charge in [-0.2, -0.15) is 0 Å². The third kappa shape index (κ3) is 11.3. The number of aliphatic imine (C=N–C) groups is 1. The zero-order chi connectivity index (χ0) is 24.1. The zero-order valence-corrected chi connectivity index (χ0v) is 17.0. The highest BCUT2D eigenvalue weighted by Crippen LogP contribution is 2.01. The van der Waals surface area contributed by atoms with Gasteiger partial charge in [0, 0.05) is 6.54 Å². The van der Waals surface area contributed by atoms with Gasteiger partial charge >= 0.3 is 5.97 Å². The van der Waals surface area contributed by atoms with Gasteiger partial charge < -0.3 is 49.1 Å². The molecule has 0 saturated carbocycles. The van der Waals surface area contributed by atoms with E-state index in [4.69, 9.17) is 33.1 Å². The van der Waals surface area contributed by atoms with Crippen molar-refractivity contribution in [2.24, 2.45) is 27.9 Å². The number of amides is 4. The molecule has 0 aliphatic rings. The zero-order valence-electron chi connectivity index (χ0n) is 17.0. The molecule has 0 aromatic carbocycles. The standard InChI is InChI=1S/C16H30N8O7/c1-7(22-13(28)8(17)5-11(18)26)12(27)23-9(3-2-4-21-16(19)20)14(29)24-10(6-25)15(30)31/h7-10,25H,2-6,17H2,1H3,(H2,18,26)(H,22,28)(H,23,27)(H,24,29)(H,30,31)(H4,19,20,21). The molecule has 4 amide bonds. The van der Waals surface area contributed by atoms with Gasteiger partial charge in [-0.05, 0) is 19.8 Å². The van der Waals surface area contributed by atoms with Gasteiger partial charge in [-0.25, -0.2) is 4.79 Å². The molecule has 176 valence electrons. The van der Waals surface area contributed by atoms with Crippen LogP contribution in [0.25, 0.3) is 0 Å². The van der Waals surface area contributed by atoms with Crippen LogP contribution in [0.5, 0.6) is 0 Å². The number of aliphatic hydroxyl groups is 1. The number of guanidine groups is 1. The Morgan fingerprint density at radius 1 is 0.935 bits per heavy atom. The van der Waals surface area contributed by atoms with Gasteiger partial charge in [-0.3, -0.25) is 24.2 Å². The first-order chi connectivity index (χ1) is 14.4. The van der Waals surface area contributed by atoms with Crippen LogP contribution in [0.4, 0.5) is 0 Å². The van der Waals surface area contributed by atoms with Crippen molar-refractivity contribution >= 4 is 35.6 Å². The van der Waals surface area contributed by atoms with Gasteiger partial charge in [-0.15, -0.1) is 0 Å². The number of aliphatic hydroxyl groups excluding tert-OH is 1. The van der Waals surface area contributed by atoms with E-state index in [1.165, 1.54) is 6.92 Å². The Labute approximate surface area is 178 Å². The molecule has 0 aromatic rings. The van der Waals surface area contributed by atoms with Crippen LogP contribution in [0.1, 0.15) is 26.2 Å². The van der Waals surface area contributed by atoms with Crippen molar-refractivity contribution in [1.29, 1.82) is 0 Å². The van der Waals surface area contributed by atoms with Gasteiger partial charge in [0.05, 0.1) is 19.1 Å². The average Bonchev–Trinajstić information content (AvgIpc) is 2.66. The normalized spacial score (nSPS) is 14.3. The number of hydrogen-bond acceptors (Lipinski definition) is 8. The van der Waals surface area contributed by atoms with Gasteiger partial charge in [0.25, 0.3) is 0 Å². The molecule has 0 aliphatic carbocycles. The first-order valence-electron chi connectivity index (χ1n) is 9.23. The fraction of sp³-hybridized carbons (Fsp3) is 0.625. The number of aliphatic carboxylic acids is 1. The van der Waals surface area contributed by atoms with Gasteiger partial charge in [0.2, 0.25) is 23.6 Å². The fourth-order valence-corrected chi connectivity index (χ4v) is 2.22. The third-order valence-electron chi connectivity index (χ3n) is 3.89. The summed E-state index contributed by atoms with van der Waals surface area (Å²) in [5.41, 5.74) is 20.9. The van der Waals surface area contributed by atoms with E-state index >= 15 is 0 Å². The van der Waals surface area contributed by atoms with E-state index in [-0.39, 0.29) is 25.3 Å². The van der Waals surface area contributed by atoms with Crippen LogP contribution in [-0.2, 0) is 24.0 Å². The van der Waals surface area contributed by atoms with E-state index in [2.05, 4.69) is 20.9 Å². The number of hydrogen-bond donors (Lipinski definition) is 9. The highest BCUT2D eigenvalue weighted by molar-refractivity contribution is 5.94. The first kappa shape index (κ1) is 27.5. The van der Waals surface area contributed by atoms with Crippen molar-refractivity contribution in [2.45, 2.75) is 50.4 Å². The van der Waals surface area contributed by atoms with E-state index in [0.29, 0.717) is 0 Å². The number of carbonyl (C=O) groups excluding carboxylic acids is 4. The number of nitrogens with zero attached hydrogens (tertiary/aromatic N) is 1. The van der Waals surface area contributed by atoms with Gasteiger partial charge in [0.15, 0.2) is 5.96 Å². The summed E-state index contributed by atoms with van der Waals surface area (Å²) in [6.45, 7) is 0.588. The molecule has 15 nitrogen and oxygen atoms in total. The smallest absolute Gasteiger partial charge is 0.328 e. The molecule has 0 rings (SSSR count). The molecule has 0 bridgehead atoms. The minimum absolute atomic E-state index is 0.0218. The number of rotatable bonds is 14. The maximum absolute atomic E-state index is 12.4. The molecule has 4 atom stereocenters. The quantitative estimate of drug-likeness (QED) is 0.0694. The maximum Gasteiger partial charge on any atom is 0.328 e. The summed E-state index contributed by atoms with van der Waals surface area (Å²) in [6, 6.07) is -5.19. The molecular weight excluding hydrogens is 416 g/mol. The number of nitrogens with two attached hydrogens (primary N) is 4. The molecule has 0 aromatic heterocycles. The summed E-state index contributed by atoms with van der Waals surface area (Å²) in [6.07, 6.45) is -0.154. The van der Waals surface area contributed by atoms with E-state index in [1.54, 1.807) is 0 Å². The van der Waals surface area contributed by atoms with E-state index in [1.807, 2.05) is 0 Å². The van der Waals surface area contributed by atoms with Crippen LogP contribution in [0.2, 0.25) is 0 Å². The number of nitrogens with one attached hydrogen (secondary N) is 3. The molecule has 4 unspecified atom stereocenters. The fourth-order valence-electron chi connectivity index (χ4n) is 2.22. The highest BCUT2D eigenvalue weighted by atomic mass is 16.4. The van der Waals surface area contributed by atoms with Crippen molar-refractivity contribution in [3.8, 4) is 0 Å². The second-order valence-corrected chi connectivity index (χ2v) is 6.60. The molecular formula is C16H30N8O7. The second-order valence-electron chi connectivity index (χ2n) is 6.60.